The van der Waals surface area contributed by atoms with Gasteiger partial charge in [0.25, 0.3) is 14.1 Å². The van der Waals surface area contributed by atoms with E-state index in [1.165, 1.54) is 19.4 Å². The van der Waals surface area contributed by atoms with Gasteiger partial charge in [0.1, 0.15) is 12.2 Å². The maximum absolute atomic E-state index is 13.1. The second kappa shape index (κ2) is 16.1. The zero-order valence-electron chi connectivity index (χ0n) is 23.5. The summed E-state index contributed by atoms with van der Waals surface area (Å²) in [6.45, 7) is 11.7. The Morgan fingerprint density at radius 2 is 1.82 bits per heavy atom. The van der Waals surface area contributed by atoms with Gasteiger partial charge in [0.05, 0.1) is 32.3 Å². The normalized spacial score (nSPS) is 22.6. The Kier molecular flexibility index (Phi) is 13.9. The Morgan fingerprint density at radius 1 is 1.18 bits per heavy atom. The Balaban J connectivity index is 2.48. The van der Waals surface area contributed by atoms with Crippen LogP contribution in [0.4, 0.5) is 0 Å². The van der Waals surface area contributed by atoms with Crippen LogP contribution in [0.15, 0.2) is 21.9 Å². The van der Waals surface area contributed by atoms with Crippen molar-refractivity contribution in [3.8, 4) is 6.07 Å². The van der Waals surface area contributed by atoms with Crippen molar-refractivity contribution in [1.82, 2.24) is 14.2 Å². The van der Waals surface area contributed by atoms with Crippen LogP contribution in [0, 0.1) is 11.3 Å². The molecule has 1 aromatic rings. The molecule has 2 heterocycles. The van der Waals surface area contributed by atoms with Crippen LogP contribution < -0.4 is 11.2 Å². The first kappa shape index (κ1) is 33.7. The molecular weight excluding hydrogens is 554 g/mol. The van der Waals surface area contributed by atoms with Gasteiger partial charge in [0.2, 0.25) is 0 Å². The molecule has 1 aliphatic heterocycles. The first-order chi connectivity index (χ1) is 18.5. The number of hydrogen-bond acceptors (Lipinski definition) is 12. The van der Waals surface area contributed by atoms with Crippen molar-refractivity contribution in [2.45, 2.75) is 84.8 Å². The summed E-state index contributed by atoms with van der Waals surface area (Å²) < 4.78 is 57.2. The number of aromatic nitrogens is 2. The highest BCUT2D eigenvalue weighted by Gasteiger charge is 2.51. The van der Waals surface area contributed by atoms with Crippen LogP contribution in [0.3, 0.4) is 0 Å². The number of nitriles is 1. The number of H-pyrrole nitrogens is 1. The molecule has 1 aliphatic rings. The fraction of sp³-hybridized carbons (Fsp3) is 0.783. The molecule has 1 saturated heterocycles. The number of aromatic amines is 1. The predicted octanol–water partition coefficient (Wildman–Crippen LogP) is 3.31. The molecule has 14 nitrogen and oxygen atoms in total. The van der Waals surface area contributed by atoms with Gasteiger partial charge < -0.3 is 32.3 Å². The van der Waals surface area contributed by atoms with Crippen LogP contribution >= 0.6 is 16.1 Å². The average Bonchev–Trinajstić information content (AvgIpc) is 3.19. The number of nitrogens with one attached hydrogen (secondary N) is 1. The second-order valence-electron chi connectivity index (χ2n) is 8.97. The zero-order chi connectivity index (χ0) is 29.2. The molecule has 0 spiro atoms. The molecule has 0 aromatic carbocycles. The number of rotatable bonds is 17. The smallest absolute Gasteiger partial charge is 0.356 e. The van der Waals surface area contributed by atoms with Crippen LogP contribution in [-0.2, 0) is 36.9 Å². The molecule has 0 radical (unpaired) electrons. The highest BCUT2D eigenvalue weighted by Crippen LogP contribution is 2.52. The number of methoxy groups -OCH3 is 1. The first-order valence-electron chi connectivity index (χ1n) is 12.8. The van der Waals surface area contributed by atoms with E-state index >= 15 is 0 Å². The third-order valence-electron chi connectivity index (χ3n) is 5.47. The lowest BCUT2D eigenvalue weighted by Crippen LogP contribution is -2.41. The summed E-state index contributed by atoms with van der Waals surface area (Å²) in [6.07, 6.45) is -3.18. The van der Waals surface area contributed by atoms with Crippen LogP contribution in [0.5, 0.6) is 0 Å². The zero-order valence-corrected chi connectivity index (χ0v) is 25.3. The van der Waals surface area contributed by atoms with Crippen molar-refractivity contribution in [2.24, 2.45) is 0 Å². The van der Waals surface area contributed by atoms with Crippen molar-refractivity contribution >= 4 is 16.1 Å². The second-order valence-corrected chi connectivity index (χ2v) is 12.4. The molecule has 0 amide bonds. The maximum atomic E-state index is 13.1. The lowest BCUT2D eigenvalue weighted by atomic mass is 10.2. The van der Waals surface area contributed by atoms with Crippen LogP contribution in [0.2, 0.25) is 0 Å². The first-order valence-corrected chi connectivity index (χ1v) is 15.6. The summed E-state index contributed by atoms with van der Waals surface area (Å²) in [5.41, 5.74) is -1.29. The summed E-state index contributed by atoms with van der Waals surface area (Å²) in [5, 5.41) is 9.04. The minimum absolute atomic E-state index is 0.00891. The standard InChI is InChI=1S/C23H40N4O10P2/c1-8-34-39(30,35-9-2)15-32-22-20(37-38(33-14-10-12-24)27(16(3)4)17(5)6)19(31-7)21(36-22)26-13-11-18(28)25-23(26)29/h11,13,16-17,19-22H,8-10,14-15H2,1-7H3,(H,25,28,29)/t19-,20+,21-,22+,38?/m1/s1. The highest BCUT2D eigenvalue weighted by atomic mass is 31.2. The van der Waals surface area contributed by atoms with E-state index in [0.29, 0.717) is 0 Å². The van der Waals surface area contributed by atoms with Gasteiger partial charge in [-0.3, -0.25) is 18.9 Å². The van der Waals surface area contributed by atoms with E-state index < -0.39 is 58.4 Å². The van der Waals surface area contributed by atoms with Crippen LogP contribution in [0.25, 0.3) is 0 Å². The van der Waals surface area contributed by atoms with Gasteiger partial charge in [-0.25, -0.2) is 9.46 Å². The number of nitrogens with zero attached hydrogens (tertiary/aromatic N) is 3. The topological polar surface area (TPSA) is 164 Å². The van der Waals surface area contributed by atoms with Gasteiger partial charge in [-0.2, -0.15) is 5.26 Å². The minimum atomic E-state index is -3.63. The van der Waals surface area contributed by atoms with Crippen molar-refractivity contribution in [1.29, 1.82) is 5.26 Å². The van der Waals surface area contributed by atoms with Crippen molar-refractivity contribution in [2.75, 3.05) is 33.3 Å². The lowest BCUT2D eigenvalue weighted by Gasteiger charge is -2.38. The molecule has 0 saturated carbocycles. The molecule has 1 unspecified atom stereocenters. The molecule has 1 aromatic heterocycles. The molecule has 1 N–H and O–H groups in total. The molecular formula is C23H40N4O10P2. The SMILES string of the molecule is CCOP(=O)(CO[C@H]1O[C@@H](n2ccc(=O)[nH]c2=O)[C@H](OC)[C@@H]1OP(OCCC#N)N(C(C)C)C(C)C)OCC. The van der Waals surface area contributed by atoms with E-state index in [2.05, 4.69) is 11.1 Å². The minimum Gasteiger partial charge on any atom is -0.374 e. The largest absolute Gasteiger partial charge is 0.374 e. The van der Waals surface area contributed by atoms with Gasteiger partial charge in [-0.1, -0.05) is 0 Å². The van der Waals surface area contributed by atoms with Gasteiger partial charge in [-0.15, -0.1) is 0 Å². The van der Waals surface area contributed by atoms with E-state index in [1.54, 1.807) is 13.8 Å². The summed E-state index contributed by atoms with van der Waals surface area (Å²) >= 11 is 0. The molecule has 0 bridgehead atoms. The maximum Gasteiger partial charge on any atom is 0.356 e. The average molecular weight is 595 g/mol. The van der Waals surface area contributed by atoms with Gasteiger partial charge in [-0.05, 0) is 41.5 Å². The fourth-order valence-electron chi connectivity index (χ4n) is 4.02. The van der Waals surface area contributed by atoms with Gasteiger partial charge >= 0.3 is 13.3 Å². The predicted molar refractivity (Wildman–Crippen MR) is 143 cm³/mol. The lowest BCUT2D eigenvalue weighted by molar-refractivity contribution is -0.166. The molecule has 16 heteroatoms. The summed E-state index contributed by atoms with van der Waals surface area (Å²) in [6, 6.07) is 3.25. The Bertz CT molecular complexity index is 1070. The van der Waals surface area contributed by atoms with E-state index in [1.807, 2.05) is 32.4 Å². The van der Waals surface area contributed by atoms with Crippen LogP contribution in [0.1, 0.15) is 54.2 Å². The monoisotopic (exact) mass is 594 g/mol. The molecule has 222 valence electrons. The van der Waals surface area contributed by atoms with Gasteiger partial charge in [0.15, 0.2) is 18.9 Å². The van der Waals surface area contributed by atoms with E-state index in [4.69, 9.17) is 37.6 Å². The van der Waals surface area contributed by atoms with Crippen LogP contribution in [-0.4, -0.2) is 78.1 Å². The quantitative estimate of drug-likeness (QED) is 0.207. The van der Waals surface area contributed by atoms with Crippen molar-refractivity contribution in [3.05, 3.63) is 33.1 Å². The van der Waals surface area contributed by atoms with E-state index in [9.17, 15) is 14.2 Å². The Hall–Kier alpha value is -1.49. The summed E-state index contributed by atoms with van der Waals surface area (Å²) in [5.74, 6) is 0. The molecule has 5 atom stereocenters. The highest BCUT2D eigenvalue weighted by molar-refractivity contribution is 7.53. The van der Waals surface area contributed by atoms with Crippen molar-refractivity contribution < 1.29 is 36.9 Å². The molecule has 2 rings (SSSR count). The summed E-state index contributed by atoms with van der Waals surface area (Å²) in [4.78, 5) is 26.5. The Morgan fingerprint density at radius 3 is 2.33 bits per heavy atom. The molecule has 39 heavy (non-hydrogen) atoms. The molecule has 1 fully saturated rings. The number of ether oxygens (including phenoxy) is 3. The molecule has 0 aliphatic carbocycles. The fourth-order valence-corrected chi connectivity index (χ4v) is 7.10. The van der Waals surface area contributed by atoms with Crippen molar-refractivity contribution in [3.63, 3.8) is 0 Å². The van der Waals surface area contributed by atoms with E-state index in [-0.39, 0.29) is 38.3 Å². The third kappa shape index (κ3) is 9.26. The summed E-state index contributed by atoms with van der Waals surface area (Å²) in [7, 11) is -3.98. The Labute approximate surface area is 229 Å². The van der Waals surface area contributed by atoms with E-state index in [0.717, 1.165) is 4.57 Å². The third-order valence-corrected chi connectivity index (χ3v) is 9.36. The number of hydrogen-bond donors (Lipinski definition) is 1. The van der Waals surface area contributed by atoms with Gasteiger partial charge in [0, 0.05) is 31.5 Å².